The van der Waals surface area contributed by atoms with Crippen molar-refractivity contribution in [1.82, 2.24) is 19.6 Å². The molecule has 0 unspecified atom stereocenters. The van der Waals surface area contributed by atoms with Crippen LogP contribution in [0.15, 0.2) is 12.4 Å². The van der Waals surface area contributed by atoms with Gasteiger partial charge in [-0.05, 0) is 65.0 Å². The number of ether oxygens (including phenoxy) is 1. The number of nitrogens with zero attached hydrogens (tertiary/aromatic N) is 4. The van der Waals surface area contributed by atoms with Gasteiger partial charge in [-0.2, -0.15) is 5.10 Å². The highest BCUT2D eigenvalue weighted by atomic mass is 16.5. The molecule has 0 aliphatic carbocycles. The van der Waals surface area contributed by atoms with Crippen LogP contribution in [0.1, 0.15) is 68.8 Å². The van der Waals surface area contributed by atoms with E-state index in [2.05, 4.69) is 28.7 Å². The number of carbonyl (C=O) groups excluding carboxylic acids is 1. The van der Waals surface area contributed by atoms with Gasteiger partial charge in [0.15, 0.2) is 0 Å². The van der Waals surface area contributed by atoms with Gasteiger partial charge in [0.2, 0.25) is 0 Å². The number of hydrogen-bond donors (Lipinski definition) is 0. The number of aromatic nitrogens is 2. The van der Waals surface area contributed by atoms with Gasteiger partial charge in [0, 0.05) is 45.1 Å². The van der Waals surface area contributed by atoms with Crippen LogP contribution >= 0.6 is 0 Å². The van der Waals surface area contributed by atoms with Crippen LogP contribution in [0.25, 0.3) is 0 Å². The van der Waals surface area contributed by atoms with Crippen LogP contribution in [0.5, 0.6) is 0 Å². The molecular formula is C21H36N4O2. The fourth-order valence-electron chi connectivity index (χ4n) is 4.66. The highest BCUT2D eigenvalue weighted by Crippen LogP contribution is 2.31. The molecule has 2 atom stereocenters. The Morgan fingerprint density at radius 2 is 2.11 bits per heavy atom. The molecule has 2 aliphatic heterocycles. The van der Waals surface area contributed by atoms with E-state index in [0.29, 0.717) is 24.1 Å². The minimum absolute atomic E-state index is 0.117. The molecule has 6 heteroatoms. The quantitative estimate of drug-likeness (QED) is 0.654. The molecule has 27 heavy (non-hydrogen) atoms. The molecule has 2 fully saturated rings. The van der Waals surface area contributed by atoms with Crippen molar-refractivity contribution < 1.29 is 9.53 Å². The number of methoxy groups -OCH3 is 1. The smallest absolute Gasteiger partial charge is 0.257 e. The van der Waals surface area contributed by atoms with E-state index in [1.165, 1.54) is 45.2 Å². The van der Waals surface area contributed by atoms with Crippen LogP contribution in [0.4, 0.5) is 0 Å². The van der Waals surface area contributed by atoms with Crippen molar-refractivity contribution in [2.45, 2.75) is 64.5 Å². The summed E-state index contributed by atoms with van der Waals surface area (Å²) in [5.41, 5.74) is 0.706. The van der Waals surface area contributed by atoms with Gasteiger partial charge >= 0.3 is 0 Å². The Labute approximate surface area is 163 Å². The van der Waals surface area contributed by atoms with Gasteiger partial charge in [0.05, 0.1) is 11.8 Å². The summed E-state index contributed by atoms with van der Waals surface area (Å²) in [6, 6.07) is 0.922. The summed E-state index contributed by atoms with van der Waals surface area (Å²) in [6.45, 7) is 8.93. The van der Waals surface area contributed by atoms with E-state index in [0.717, 1.165) is 19.5 Å². The van der Waals surface area contributed by atoms with E-state index in [-0.39, 0.29) is 11.9 Å². The molecule has 0 spiro atoms. The molecule has 3 rings (SSSR count). The van der Waals surface area contributed by atoms with E-state index in [1.807, 2.05) is 10.9 Å². The molecule has 1 aromatic rings. The Balaban J connectivity index is 1.70. The second kappa shape index (κ2) is 9.69. The molecule has 2 saturated heterocycles. The Hall–Kier alpha value is -1.40. The highest BCUT2D eigenvalue weighted by molar-refractivity contribution is 5.93. The summed E-state index contributed by atoms with van der Waals surface area (Å²) in [5, 5.41) is 4.36. The minimum Gasteiger partial charge on any atom is -0.385 e. The molecule has 1 aromatic heterocycles. The second-order valence-corrected chi connectivity index (χ2v) is 8.40. The van der Waals surface area contributed by atoms with Gasteiger partial charge in [0.25, 0.3) is 5.91 Å². The fourth-order valence-corrected chi connectivity index (χ4v) is 4.66. The van der Waals surface area contributed by atoms with Gasteiger partial charge in [-0.25, -0.2) is 0 Å². The van der Waals surface area contributed by atoms with E-state index >= 15 is 0 Å². The van der Waals surface area contributed by atoms with Crippen LogP contribution in [0.3, 0.4) is 0 Å². The normalized spacial score (nSPS) is 23.4. The molecule has 1 amide bonds. The molecule has 0 bridgehead atoms. The number of rotatable bonds is 8. The van der Waals surface area contributed by atoms with Crippen molar-refractivity contribution >= 4 is 5.91 Å². The highest BCUT2D eigenvalue weighted by Gasteiger charge is 2.34. The fraction of sp³-hybridized carbons (Fsp3) is 0.810. The lowest BCUT2D eigenvalue weighted by molar-refractivity contribution is 0.0347. The topological polar surface area (TPSA) is 50.6 Å². The number of carbonyl (C=O) groups is 1. The summed E-state index contributed by atoms with van der Waals surface area (Å²) in [5.74, 6) is 0.705. The van der Waals surface area contributed by atoms with Gasteiger partial charge in [-0.3, -0.25) is 9.48 Å². The zero-order chi connectivity index (χ0) is 19.2. The van der Waals surface area contributed by atoms with Crippen LogP contribution in [0, 0.1) is 5.92 Å². The van der Waals surface area contributed by atoms with Crippen molar-refractivity contribution in [2.24, 2.45) is 5.92 Å². The lowest BCUT2D eigenvalue weighted by Crippen LogP contribution is -2.51. The maximum atomic E-state index is 13.2. The van der Waals surface area contributed by atoms with Crippen LogP contribution < -0.4 is 0 Å². The Kier molecular flexibility index (Phi) is 7.30. The standard InChI is InChI=1S/C21H36N4O2/c1-17(2)25-16-19(14-22-25)21(26)24(12-7-13-27-3)15-18-8-6-11-23-10-5-4-9-20(18)23/h14,16-18,20H,4-13,15H2,1-3H3/t18-,20-/m0/s1. The Bertz CT molecular complexity index is 599. The Morgan fingerprint density at radius 1 is 1.30 bits per heavy atom. The molecule has 152 valence electrons. The van der Waals surface area contributed by atoms with Crippen molar-refractivity contribution in [3.63, 3.8) is 0 Å². The average Bonchev–Trinajstić information content (AvgIpc) is 3.17. The largest absolute Gasteiger partial charge is 0.385 e. The summed E-state index contributed by atoms with van der Waals surface area (Å²) in [7, 11) is 1.72. The molecule has 0 saturated carbocycles. The zero-order valence-corrected chi connectivity index (χ0v) is 17.3. The lowest BCUT2D eigenvalue weighted by Gasteiger charge is -2.45. The maximum absolute atomic E-state index is 13.2. The van der Waals surface area contributed by atoms with Gasteiger partial charge < -0.3 is 14.5 Å². The van der Waals surface area contributed by atoms with Crippen LogP contribution in [0.2, 0.25) is 0 Å². The number of amides is 1. The van der Waals surface area contributed by atoms with E-state index in [4.69, 9.17) is 4.74 Å². The lowest BCUT2D eigenvalue weighted by atomic mass is 9.83. The molecule has 2 aliphatic rings. The first-order valence-electron chi connectivity index (χ1n) is 10.7. The average molecular weight is 377 g/mol. The van der Waals surface area contributed by atoms with Crippen molar-refractivity contribution in [1.29, 1.82) is 0 Å². The first-order chi connectivity index (χ1) is 13.1. The maximum Gasteiger partial charge on any atom is 0.257 e. The van der Waals surface area contributed by atoms with Crippen LogP contribution in [-0.4, -0.2) is 71.4 Å². The van der Waals surface area contributed by atoms with Crippen molar-refractivity contribution in [3.8, 4) is 0 Å². The summed E-state index contributed by atoms with van der Waals surface area (Å²) in [6.07, 6.45) is 10.9. The zero-order valence-electron chi connectivity index (χ0n) is 17.3. The second-order valence-electron chi connectivity index (χ2n) is 8.40. The van der Waals surface area contributed by atoms with Gasteiger partial charge in [-0.15, -0.1) is 0 Å². The summed E-state index contributed by atoms with van der Waals surface area (Å²) >= 11 is 0. The number of fused-ring (bicyclic) bond motifs is 1. The summed E-state index contributed by atoms with van der Waals surface area (Å²) < 4.78 is 7.09. The Morgan fingerprint density at radius 3 is 2.85 bits per heavy atom. The van der Waals surface area contributed by atoms with E-state index < -0.39 is 0 Å². The molecule has 3 heterocycles. The van der Waals surface area contributed by atoms with Crippen molar-refractivity contribution in [2.75, 3.05) is 39.9 Å². The monoisotopic (exact) mass is 376 g/mol. The number of piperidine rings is 2. The van der Waals surface area contributed by atoms with Gasteiger partial charge in [0.1, 0.15) is 0 Å². The molecule has 0 radical (unpaired) electrons. The third kappa shape index (κ3) is 5.11. The number of hydrogen-bond acceptors (Lipinski definition) is 4. The minimum atomic E-state index is 0.117. The van der Waals surface area contributed by atoms with E-state index in [9.17, 15) is 4.79 Å². The van der Waals surface area contributed by atoms with Crippen molar-refractivity contribution in [3.05, 3.63) is 18.0 Å². The molecule has 0 aromatic carbocycles. The first kappa shape index (κ1) is 20.3. The van der Waals surface area contributed by atoms with Crippen LogP contribution in [-0.2, 0) is 4.74 Å². The predicted molar refractivity (Wildman–Crippen MR) is 107 cm³/mol. The SMILES string of the molecule is COCCCN(C[C@@H]1CCCN2CCCC[C@@H]12)C(=O)c1cnn(C(C)C)c1. The summed E-state index contributed by atoms with van der Waals surface area (Å²) in [4.78, 5) is 18.0. The molecular weight excluding hydrogens is 340 g/mol. The third-order valence-corrected chi connectivity index (χ3v) is 6.12. The third-order valence-electron chi connectivity index (χ3n) is 6.12. The van der Waals surface area contributed by atoms with Gasteiger partial charge in [-0.1, -0.05) is 6.42 Å². The predicted octanol–water partition coefficient (Wildman–Crippen LogP) is 3.21. The van der Waals surface area contributed by atoms with E-state index in [1.54, 1.807) is 13.3 Å². The molecule has 6 nitrogen and oxygen atoms in total. The molecule has 0 N–H and O–H groups in total. The first-order valence-corrected chi connectivity index (χ1v) is 10.7.